The van der Waals surface area contributed by atoms with Gasteiger partial charge < -0.3 is 14.7 Å². The van der Waals surface area contributed by atoms with E-state index in [9.17, 15) is 19.1 Å². The first kappa shape index (κ1) is 21.6. The lowest BCUT2D eigenvalue weighted by atomic mass is 9.93. The van der Waals surface area contributed by atoms with Crippen LogP contribution in [0.25, 0.3) is 0 Å². The van der Waals surface area contributed by atoms with Gasteiger partial charge in [0.15, 0.2) is 10.8 Å². The molecule has 2 aliphatic heterocycles. The third-order valence-corrected chi connectivity index (χ3v) is 6.64. The number of ether oxygens (including phenoxy) is 1. The van der Waals surface area contributed by atoms with E-state index in [1.165, 1.54) is 23.5 Å². The Morgan fingerprint density at radius 3 is 2.87 bits per heavy atom. The predicted molar refractivity (Wildman–Crippen MR) is 116 cm³/mol. The molecule has 10 heteroatoms. The van der Waals surface area contributed by atoms with Crippen LogP contribution in [0, 0.1) is 11.7 Å². The summed E-state index contributed by atoms with van der Waals surface area (Å²) in [5.41, 5.74) is 1.65. The maximum absolute atomic E-state index is 13.7. The van der Waals surface area contributed by atoms with Gasteiger partial charge >= 0.3 is 11.9 Å². The Morgan fingerprint density at radius 1 is 1.42 bits per heavy atom. The number of nitrogens with zero attached hydrogens (tertiary/aromatic N) is 3. The molecule has 2 aromatic rings. The van der Waals surface area contributed by atoms with Crippen LogP contribution in [0.5, 0.6) is 0 Å². The quantitative estimate of drug-likeness (QED) is 0.590. The van der Waals surface area contributed by atoms with Crippen LogP contribution in [-0.4, -0.2) is 45.9 Å². The Kier molecular flexibility index (Phi) is 6.19. The lowest BCUT2D eigenvalue weighted by molar-refractivity contribution is -0.139. The van der Waals surface area contributed by atoms with Crippen molar-refractivity contribution in [1.29, 1.82) is 0 Å². The van der Waals surface area contributed by atoms with Gasteiger partial charge in [-0.3, -0.25) is 9.79 Å². The van der Waals surface area contributed by atoms with Gasteiger partial charge in [-0.2, -0.15) is 0 Å². The van der Waals surface area contributed by atoms with Gasteiger partial charge in [0, 0.05) is 28.3 Å². The molecule has 1 fully saturated rings. The number of carbonyl (C=O) groups is 2. The van der Waals surface area contributed by atoms with E-state index < -0.39 is 23.8 Å². The summed E-state index contributed by atoms with van der Waals surface area (Å²) >= 11 is 4.80. The molecule has 0 amide bonds. The van der Waals surface area contributed by atoms with Gasteiger partial charge in [0.25, 0.3) is 0 Å². The summed E-state index contributed by atoms with van der Waals surface area (Å²) in [5.74, 6) is -1.43. The van der Waals surface area contributed by atoms with Crippen LogP contribution in [0.3, 0.4) is 0 Å². The van der Waals surface area contributed by atoms with Crippen LogP contribution < -0.4 is 0 Å². The number of carboxylic acid groups (broad SMARTS) is 1. The van der Waals surface area contributed by atoms with E-state index in [1.807, 2.05) is 10.3 Å². The number of hydrogen-bond acceptors (Lipinski definition) is 7. The standard InChI is InChI=1S/C21H19BrFN3O4S/c1-2-30-21(29)17-15-7-11(8-16(27)28)10-26(15)19(20-24-5-6-31-20)25-18(17)13-4-3-12(23)9-14(13)22/h3-6,9,11,18H,2,7-8,10H2,1H3,(H,27,28)/t11-,18+/m1/s1. The van der Waals surface area contributed by atoms with Gasteiger partial charge in [-0.25, -0.2) is 14.2 Å². The van der Waals surface area contributed by atoms with E-state index >= 15 is 0 Å². The fraction of sp³-hybridized carbons (Fsp3) is 0.333. The molecule has 0 unspecified atom stereocenters. The van der Waals surface area contributed by atoms with E-state index in [4.69, 9.17) is 9.73 Å². The van der Waals surface area contributed by atoms with Gasteiger partial charge in [-0.05, 0) is 37.0 Å². The fourth-order valence-corrected chi connectivity index (χ4v) is 5.18. The van der Waals surface area contributed by atoms with Crippen LogP contribution in [0.4, 0.5) is 4.39 Å². The van der Waals surface area contributed by atoms with Gasteiger partial charge in [0.2, 0.25) is 0 Å². The summed E-state index contributed by atoms with van der Waals surface area (Å²) < 4.78 is 19.6. The zero-order chi connectivity index (χ0) is 22.1. The number of fused-ring (bicyclic) bond motifs is 1. The highest BCUT2D eigenvalue weighted by Crippen LogP contribution is 2.44. The maximum atomic E-state index is 13.7. The number of esters is 1. The average molecular weight is 508 g/mol. The van der Waals surface area contributed by atoms with E-state index in [2.05, 4.69) is 20.9 Å². The van der Waals surface area contributed by atoms with E-state index in [0.29, 0.717) is 45.1 Å². The Bertz CT molecular complexity index is 1090. The first-order valence-corrected chi connectivity index (χ1v) is 11.4. The number of halogens is 2. The normalized spacial score (nSPS) is 20.5. The van der Waals surface area contributed by atoms with Crippen molar-refractivity contribution in [3.63, 3.8) is 0 Å². The van der Waals surface area contributed by atoms with Crippen molar-refractivity contribution in [3.8, 4) is 0 Å². The minimum atomic E-state index is -0.895. The third-order valence-electron chi connectivity index (χ3n) is 5.18. The zero-order valence-corrected chi connectivity index (χ0v) is 19.0. The maximum Gasteiger partial charge on any atom is 0.338 e. The molecule has 162 valence electrons. The number of aliphatic imine (C=N–C) groups is 1. The number of thiazole rings is 1. The van der Waals surface area contributed by atoms with E-state index in [-0.39, 0.29) is 18.9 Å². The Hall–Kier alpha value is -2.59. The summed E-state index contributed by atoms with van der Waals surface area (Å²) in [5, 5.41) is 11.8. The SMILES string of the molecule is CCOC(=O)C1=C2C[C@H](CC(=O)O)CN2C(c2nccs2)=N[C@H]1c1ccc(F)cc1Br. The molecule has 0 saturated carbocycles. The lowest BCUT2D eigenvalue weighted by Crippen LogP contribution is -2.35. The molecule has 0 spiro atoms. The second-order valence-electron chi connectivity index (χ2n) is 7.22. The summed E-state index contributed by atoms with van der Waals surface area (Å²) in [6, 6.07) is 3.50. The highest BCUT2D eigenvalue weighted by atomic mass is 79.9. The highest BCUT2D eigenvalue weighted by Gasteiger charge is 2.42. The Labute approximate surface area is 190 Å². The van der Waals surface area contributed by atoms with Gasteiger partial charge in [-0.1, -0.05) is 22.0 Å². The lowest BCUT2D eigenvalue weighted by Gasteiger charge is -2.32. The van der Waals surface area contributed by atoms with Crippen LogP contribution in [0.1, 0.15) is 36.4 Å². The number of carboxylic acids is 1. The van der Waals surface area contributed by atoms with Crippen molar-refractivity contribution in [2.45, 2.75) is 25.8 Å². The third kappa shape index (κ3) is 4.27. The summed E-state index contributed by atoms with van der Waals surface area (Å²) in [6.07, 6.45) is 2.05. The number of benzene rings is 1. The molecule has 2 atom stereocenters. The number of aliphatic carboxylic acids is 1. The molecule has 1 saturated heterocycles. The first-order valence-electron chi connectivity index (χ1n) is 9.71. The first-order chi connectivity index (χ1) is 14.9. The highest BCUT2D eigenvalue weighted by molar-refractivity contribution is 9.10. The minimum Gasteiger partial charge on any atom is -0.481 e. The molecule has 3 heterocycles. The topological polar surface area (TPSA) is 92.1 Å². The van der Waals surface area contributed by atoms with Crippen molar-refractivity contribution in [3.05, 3.63) is 61.9 Å². The number of aromatic nitrogens is 1. The average Bonchev–Trinajstić information content (AvgIpc) is 3.36. The minimum absolute atomic E-state index is 0.0217. The number of amidine groups is 1. The van der Waals surface area contributed by atoms with Crippen LogP contribution in [0.15, 0.2) is 50.5 Å². The largest absolute Gasteiger partial charge is 0.481 e. The van der Waals surface area contributed by atoms with Crippen LogP contribution in [-0.2, 0) is 14.3 Å². The molecule has 7 nitrogen and oxygen atoms in total. The van der Waals surface area contributed by atoms with E-state index in [0.717, 1.165) is 0 Å². The Morgan fingerprint density at radius 2 is 2.23 bits per heavy atom. The molecule has 4 rings (SSSR count). The van der Waals surface area contributed by atoms with Crippen molar-refractivity contribution < 1.29 is 23.8 Å². The smallest absolute Gasteiger partial charge is 0.338 e. The second kappa shape index (κ2) is 8.88. The van der Waals surface area contributed by atoms with Crippen LogP contribution >= 0.6 is 27.3 Å². The number of carbonyl (C=O) groups excluding carboxylic acids is 1. The number of rotatable bonds is 6. The van der Waals surface area contributed by atoms with Crippen molar-refractivity contribution in [2.24, 2.45) is 10.9 Å². The molecule has 0 bridgehead atoms. The fourth-order valence-electron chi connectivity index (χ4n) is 3.98. The molecule has 1 N–H and O–H groups in total. The predicted octanol–water partition coefficient (Wildman–Crippen LogP) is 4.16. The van der Waals surface area contributed by atoms with Crippen molar-refractivity contribution in [2.75, 3.05) is 13.2 Å². The molecule has 1 aromatic carbocycles. The summed E-state index contributed by atoms with van der Waals surface area (Å²) in [7, 11) is 0. The molecule has 1 aromatic heterocycles. The van der Waals surface area contributed by atoms with Crippen LogP contribution in [0.2, 0.25) is 0 Å². The molecule has 0 radical (unpaired) electrons. The molecule has 31 heavy (non-hydrogen) atoms. The summed E-state index contributed by atoms with van der Waals surface area (Å²) in [4.78, 5) is 35.5. The second-order valence-corrected chi connectivity index (χ2v) is 8.97. The Balaban J connectivity index is 1.89. The van der Waals surface area contributed by atoms with E-state index in [1.54, 1.807) is 19.2 Å². The number of hydrogen-bond donors (Lipinski definition) is 1. The summed E-state index contributed by atoms with van der Waals surface area (Å²) in [6.45, 7) is 2.33. The van der Waals surface area contributed by atoms with Gasteiger partial charge in [-0.15, -0.1) is 11.3 Å². The molecule has 0 aliphatic carbocycles. The number of allylic oxidation sites excluding steroid dienone is 1. The van der Waals surface area contributed by atoms with Crippen molar-refractivity contribution >= 4 is 45.0 Å². The zero-order valence-electron chi connectivity index (χ0n) is 16.5. The molecule has 2 aliphatic rings. The monoisotopic (exact) mass is 507 g/mol. The van der Waals surface area contributed by atoms with Gasteiger partial charge in [0.1, 0.15) is 11.9 Å². The molecular weight excluding hydrogens is 489 g/mol. The van der Waals surface area contributed by atoms with Crippen molar-refractivity contribution in [1.82, 2.24) is 9.88 Å². The van der Waals surface area contributed by atoms with Gasteiger partial charge in [0.05, 0.1) is 18.6 Å². The molecular formula is C21H19BrFN3O4S.